The van der Waals surface area contributed by atoms with Gasteiger partial charge < -0.3 is 14.4 Å². The second-order valence-electron chi connectivity index (χ2n) is 9.10. The summed E-state index contributed by atoms with van der Waals surface area (Å²) >= 11 is 2.36. The van der Waals surface area contributed by atoms with E-state index in [4.69, 9.17) is 14.5 Å². The number of hydrogen-bond donors (Lipinski definition) is 0. The van der Waals surface area contributed by atoms with E-state index in [2.05, 4.69) is 52.7 Å². The number of hydrogen-bond acceptors (Lipinski definition) is 5. The SMILES string of the molecule is CC(CCCN(C)c1ccc2c(c1)C(I)=NC2C1CCCCO1)C(=O)OCc1ccccc1. The van der Waals surface area contributed by atoms with Crippen molar-refractivity contribution in [2.45, 2.75) is 57.8 Å². The molecule has 0 N–H and O–H groups in total. The van der Waals surface area contributed by atoms with Crippen molar-refractivity contribution < 1.29 is 14.3 Å². The van der Waals surface area contributed by atoms with Gasteiger partial charge in [0.1, 0.15) is 16.4 Å². The molecule has 176 valence electrons. The van der Waals surface area contributed by atoms with Crippen molar-refractivity contribution in [3.8, 4) is 0 Å². The molecule has 5 nitrogen and oxygen atoms in total. The summed E-state index contributed by atoms with van der Waals surface area (Å²) in [6, 6.07) is 16.6. The van der Waals surface area contributed by atoms with Crippen LogP contribution in [0.4, 0.5) is 5.69 Å². The van der Waals surface area contributed by atoms with Gasteiger partial charge in [0.2, 0.25) is 0 Å². The van der Waals surface area contributed by atoms with Gasteiger partial charge in [-0.05, 0) is 78.0 Å². The van der Waals surface area contributed by atoms with Crippen molar-refractivity contribution in [1.82, 2.24) is 0 Å². The third kappa shape index (κ3) is 6.15. The molecule has 2 aromatic carbocycles. The van der Waals surface area contributed by atoms with Gasteiger partial charge in [-0.25, -0.2) is 0 Å². The lowest BCUT2D eigenvalue weighted by Crippen LogP contribution is -2.25. The van der Waals surface area contributed by atoms with Crippen molar-refractivity contribution in [3.05, 3.63) is 65.2 Å². The molecule has 0 saturated carbocycles. The lowest BCUT2D eigenvalue weighted by Gasteiger charge is -2.27. The smallest absolute Gasteiger partial charge is 0.308 e. The Labute approximate surface area is 210 Å². The first kappa shape index (κ1) is 24.2. The standard InChI is InChI=1S/C27H33IN2O3/c1-19(27(31)33-18-20-10-4-3-5-11-20)9-8-15-30(2)21-13-14-22-23(17-21)26(28)29-25(22)24-12-6-7-16-32-24/h3-5,10-11,13-14,17,19,24-25H,6-9,12,15-16,18H2,1-2H3. The zero-order valence-electron chi connectivity index (χ0n) is 19.5. The van der Waals surface area contributed by atoms with Gasteiger partial charge in [0.25, 0.3) is 0 Å². The van der Waals surface area contributed by atoms with E-state index in [1.54, 1.807) is 0 Å². The molecule has 1 saturated heterocycles. The molecular weight excluding hydrogens is 527 g/mol. The molecule has 3 unspecified atom stereocenters. The molecule has 33 heavy (non-hydrogen) atoms. The van der Waals surface area contributed by atoms with Crippen LogP contribution in [-0.4, -0.2) is 36.0 Å². The highest BCUT2D eigenvalue weighted by Crippen LogP contribution is 2.39. The Morgan fingerprint density at radius 1 is 1.24 bits per heavy atom. The maximum Gasteiger partial charge on any atom is 0.308 e. The first-order valence-electron chi connectivity index (χ1n) is 11.9. The normalized spacial score (nSPS) is 20.6. The summed E-state index contributed by atoms with van der Waals surface area (Å²) in [6.07, 6.45) is 5.41. The number of carbonyl (C=O) groups is 1. The average Bonchev–Trinajstić information content (AvgIpc) is 3.19. The van der Waals surface area contributed by atoms with Gasteiger partial charge in [-0.1, -0.05) is 43.3 Å². The van der Waals surface area contributed by atoms with E-state index in [1.165, 1.54) is 23.2 Å². The molecule has 1 fully saturated rings. The molecule has 2 heterocycles. The van der Waals surface area contributed by atoms with E-state index in [0.717, 1.165) is 48.1 Å². The summed E-state index contributed by atoms with van der Waals surface area (Å²) in [4.78, 5) is 19.5. The van der Waals surface area contributed by atoms with Crippen LogP contribution >= 0.6 is 22.6 Å². The average molecular weight is 560 g/mol. The maximum absolute atomic E-state index is 12.3. The van der Waals surface area contributed by atoms with Crippen molar-refractivity contribution in [2.75, 3.05) is 25.1 Å². The van der Waals surface area contributed by atoms with Crippen LogP contribution in [0.15, 0.2) is 53.5 Å². The third-order valence-electron chi connectivity index (χ3n) is 6.59. The Balaban J connectivity index is 1.27. The molecule has 4 rings (SSSR count). The van der Waals surface area contributed by atoms with Crippen molar-refractivity contribution in [3.63, 3.8) is 0 Å². The number of rotatable bonds is 9. The number of carbonyl (C=O) groups excluding carboxylic acids is 1. The fraction of sp³-hybridized carbons (Fsp3) is 0.481. The topological polar surface area (TPSA) is 51.1 Å². The van der Waals surface area contributed by atoms with Crippen molar-refractivity contribution >= 4 is 38.0 Å². The van der Waals surface area contributed by atoms with Crippen LogP contribution in [0.3, 0.4) is 0 Å². The molecule has 6 heteroatoms. The summed E-state index contributed by atoms with van der Waals surface area (Å²) in [5.74, 6) is -0.229. The summed E-state index contributed by atoms with van der Waals surface area (Å²) < 4.78 is 12.6. The second-order valence-corrected chi connectivity index (χ2v) is 10.1. The number of ether oxygens (including phenoxy) is 2. The van der Waals surface area contributed by atoms with Crippen LogP contribution in [0.25, 0.3) is 0 Å². The van der Waals surface area contributed by atoms with Crippen molar-refractivity contribution in [1.29, 1.82) is 0 Å². The summed E-state index contributed by atoms with van der Waals surface area (Å²) in [6.45, 7) is 4.03. The number of esters is 1. The lowest BCUT2D eigenvalue weighted by atomic mass is 9.95. The van der Waals surface area contributed by atoms with Crippen LogP contribution in [0, 0.1) is 5.92 Å². The molecule has 0 spiro atoms. The van der Waals surface area contributed by atoms with Crippen molar-refractivity contribution in [2.24, 2.45) is 10.9 Å². The molecule has 0 bridgehead atoms. The molecular formula is C27H33IN2O3. The Kier molecular flexibility index (Phi) is 8.41. The van der Waals surface area contributed by atoms with Gasteiger partial charge in [0, 0.05) is 31.5 Å². The molecule has 2 aliphatic heterocycles. The zero-order valence-corrected chi connectivity index (χ0v) is 21.7. The van der Waals surface area contributed by atoms with Gasteiger partial charge >= 0.3 is 5.97 Å². The fourth-order valence-corrected chi connectivity index (χ4v) is 5.30. The van der Waals surface area contributed by atoms with Gasteiger partial charge in [-0.3, -0.25) is 9.79 Å². The Morgan fingerprint density at radius 3 is 2.82 bits per heavy atom. The number of halogens is 1. The van der Waals surface area contributed by atoms with E-state index >= 15 is 0 Å². The van der Waals surface area contributed by atoms with Gasteiger partial charge in [-0.2, -0.15) is 0 Å². The summed E-state index contributed by atoms with van der Waals surface area (Å²) in [5.41, 5.74) is 4.72. The number of anilines is 1. The molecule has 2 aliphatic rings. The minimum atomic E-state index is -0.124. The van der Waals surface area contributed by atoms with Crippen LogP contribution < -0.4 is 4.90 Å². The minimum absolute atomic E-state index is 0.105. The molecule has 0 radical (unpaired) electrons. The summed E-state index contributed by atoms with van der Waals surface area (Å²) in [5, 5.41) is 0. The predicted molar refractivity (Wildman–Crippen MR) is 141 cm³/mol. The highest BCUT2D eigenvalue weighted by atomic mass is 127. The van der Waals surface area contributed by atoms with Crippen LogP contribution in [-0.2, 0) is 20.9 Å². The predicted octanol–water partition coefficient (Wildman–Crippen LogP) is 6.09. The fourth-order valence-electron chi connectivity index (χ4n) is 4.53. The quantitative estimate of drug-likeness (QED) is 0.275. The Hall–Kier alpha value is -1.93. The number of nitrogens with zero attached hydrogens (tertiary/aromatic N) is 2. The second kappa shape index (κ2) is 11.5. The summed E-state index contributed by atoms with van der Waals surface area (Å²) in [7, 11) is 2.11. The first-order chi connectivity index (χ1) is 16.0. The Bertz CT molecular complexity index is 973. The molecule has 0 aromatic heterocycles. The van der Waals surface area contributed by atoms with E-state index in [1.807, 2.05) is 37.3 Å². The van der Waals surface area contributed by atoms with Gasteiger partial charge in [0.05, 0.1) is 12.0 Å². The number of benzene rings is 2. The first-order valence-corrected chi connectivity index (χ1v) is 13.0. The third-order valence-corrected chi connectivity index (χ3v) is 7.45. The number of fused-ring (bicyclic) bond motifs is 1. The Morgan fingerprint density at radius 2 is 2.06 bits per heavy atom. The number of aliphatic imine (C=N–C) groups is 1. The van der Waals surface area contributed by atoms with E-state index < -0.39 is 0 Å². The zero-order chi connectivity index (χ0) is 23.2. The largest absolute Gasteiger partial charge is 0.461 e. The van der Waals surface area contributed by atoms with Crippen LogP contribution in [0.2, 0.25) is 0 Å². The van der Waals surface area contributed by atoms with E-state index in [9.17, 15) is 4.79 Å². The van der Waals surface area contributed by atoms with Crippen LogP contribution in [0.1, 0.15) is 61.8 Å². The maximum atomic E-state index is 12.3. The molecule has 2 aromatic rings. The minimum Gasteiger partial charge on any atom is -0.461 e. The van der Waals surface area contributed by atoms with E-state index in [-0.39, 0.29) is 24.0 Å². The monoisotopic (exact) mass is 560 g/mol. The van der Waals surface area contributed by atoms with Gasteiger partial charge in [0.15, 0.2) is 0 Å². The molecule has 0 amide bonds. The highest BCUT2D eigenvalue weighted by molar-refractivity contribution is 14.1. The lowest BCUT2D eigenvalue weighted by molar-refractivity contribution is -0.149. The van der Waals surface area contributed by atoms with Gasteiger partial charge in [-0.15, -0.1) is 0 Å². The molecule has 3 atom stereocenters. The van der Waals surface area contributed by atoms with Crippen LogP contribution in [0.5, 0.6) is 0 Å². The molecule has 0 aliphatic carbocycles. The highest BCUT2D eigenvalue weighted by Gasteiger charge is 2.32. The van der Waals surface area contributed by atoms with E-state index in [0.29, 0.717) is 6.61 Å².